The van der Waals surface area contributed by atoms with Gasteiger partial charge in [0.2, 0.25) is 0 Å². The molecule has 0 aliphatic heterocycles. The first-order valence-electron chi connectivity index (χ1n) is 9.24. The summed E-state index contributed by atoms with van der Waals surface area (Å²) in [5.41, 5.74) is 0.700. The van der Waals surface area contributed by atoms with Crippen LogP contribution in [0.1, 0.15) is 21.7 Å². The van der Waals surface area contributed by atoms with E-state index >= 15 is 0 Å². The molecule has 2 aromatic heterocycles. The molecule has 0 saturated carbocycles. The lowest BCUT2D eigenvalue weighted by molar-refractivity contribution is -0.141. The molecular weight excluding hydrogens is 427 g/mol. The summed E-state index contributed by atoms with van der Waals surface area (Å²) in [6, 6.07) is 16.4. The summed E-state index contributed by atoms with van der Waals surface area (Å²) in [6.45, 7) is 1.36. The van der Waals surface area contributed by atoms with Crippen LogP contribution in [-0.2, 0) is 6.18 Å². The molecule has 0 radical (unpaired) electrons. The van der Waals surface area contributed by atoms with E-state index in [1.807, 2.05) is 30.3 Å². The molecule has 0 unspecified atom stereocenters. The molecular formula is C23H15ClF3N3O. The predicted molar refractivity (Wildman–Crippen MR) is 114 cm³/mol. The average Bonchev–Trinajstić information content (AvgIpc) is 2.74. The number of rotatable bonds is 3. The fourth-order valence-electron chi connectivity index (χ4n) is 3.28. The third-order valence-corrected chi connectivity index (χ3v) is 5.10. The normalized spacial score (nSPS) is 11.5. The predicted octanol–water partition coefficient (Wildman–Crippen LogP) is 6.53. The van der Waals surface area contributed by atoms with Gasteiger partial charge in [-0.05, 0) is 48.7 Å². The number of amides is 1. The summed E-state index contributed by atoms with van der Waals surface area (Å²) >= 11 is 6.40. The second-order valence-electron chi connectivity index (χ2n) is 6.86. The molecule has 1 N–H and O–H groups in total. The van der Waals surface area contributed by atoms with Gasteiger partial charge in [-0.3, -0.25) is 9.78 Å². The third-order valence-electron chi connectivity index (χ3n) is 4.77. The van der Waals surface area contributed by atoms with Gasteiger partial charge >= 0.3 is 6.18 Å². The number of nitrogens with zero attached hydrogens (tertiary/aromatic N) is 2. The zero-order valence-corrected chi connectivity index (χ0v) is 16.9. The number of pyridine rings is 2. The van der Waals surface area contributed by atoms with Crippen LogP contribution in [0.2, 0.25) is 5.02 Å². The van der Waals surface area contributed by atoms with Gasteiger partial charge in [-0.15, -0.1) is 0 Å². The average molecular weight is 442 g/mol. The first kappa shape index (κ1) is 20.8. The molecule has 0 bridgehead atoms. The maximum atomic E-state index is 12.8. The van der Waals surface area contributed by atoms with E-state index in [1.54, 1.807) is 24.4 Å². The Kier molecular flexibility index (Phi) is 5.37. The number of benzene rings is 2. The Bertz CT molecular complexity index is 1300. The molecule has 2 aromatic carbocycles. The number of nitrogens with one attached hydrogen (secondary N) is 1. The first-order valence-corrected chi connectivity index (χ1v) is 9.62. The van der Waals surface area contributed by atoms with Crippen molar-refractivity contribution in [3.63, 3.8) is 0 Å². The Balaban J connectivity index is 1.67. The molecule has 0 spiro atoms. The van der Waals surface area contributed by atoms with Crippen LogP contribution in [0.5, 0.6) is 0 Å². The van der Waals surface area contributed by atoms with Gasteiger partial charge in [-0.25, -0.2) is 4.98 Å². The number of carbonyl (C=O) groups excluding carboxylic acids is 1. The first-order chi connectivity index (χ1) is 14.7. The second kappa shape index (κ2) is 8.00. The second-order valence-corrected chi connectivity index (χ2v) is 7.26. The molecule has 0 aliphatic rings. The quantitative estimate of drug-likeness (QED) is 0.393. The zero-order chi connectivity index (χ0) is 22.2. The highest BCUT2D eigenvalue weighted by Crippen LogP contribution is 2.34. The van der Waals surface area contributed by atoms with Crippen LogP contribution < -0.4 is 5.32 Å². The number of halogens is 4. The van der Waals surface area contributed by atoms with Crippen molar-refractivity contribution in [1.82, 2.24) is 9.97 Å². The molecule has 0 aliphatic carbocycles. The van der Waals surface area contributed by atoms with Crippen molar-refractivity contribution in [3.8, 4) is 11.3 Å². The number of fused-ring (bicyclic) bond motifs is 1. The van der Waals surface area contributed by atoms with E-state index in [0.29, 0.717) is 22.0 Å². The van der Waals surface area contributed by atoms with E-state index in [0.717, 1.165) is 22.9 Å². The van der Waals surface area contributed by atoms with E-state index in [1.165, 1.54) is 6.92 Å². The van der Waals surface area contributed by atoms with E-state index in [2.05, 4.69) is 15.3 Å². The number of hydrogen-bond donors (Lipinski definition) is 1. The van der Waals surface area contributed by atoms with Crippen LogP contribution in [0.25, 0.3) is 22.0 Å². The smallest absolute Gasteiger partial charge is 0.322 e. The monoisotopic (exact) mass is 441 g/mol. The highest BCUT2D eigenvalue weighted by Gasteiger charge is 2.33. The Morgan fingerprint density at radius 3 is 2.55 bits per heavy atom. The molecule has 0 fully saturated rings. The van der Waals surface area contributed by atoms with Crippen LogP contribution in [0.3, 0.4) is 0 Å². The van der Waals surface area contributed by atoms with Gasteiger partial charge in [0.15, 0.2) is 0 Å². The number of alkyl halides is 3. The summed E-state index contributed by atoms with van der Waals surface area (Å²) in [7, 11) is 0. The molecule has 0 saturated heterocycles. The van der Waals surface area contributed by atoms with E-state index < -0.39 is 17.8 Å². The largest absolute Gasteiger partial charge is 0.433 e. The summed E-state index contributed by atoms with van der Waals surface area (Å²) in [4.78, 5) is 20.6. The Hall–Kier alpha value is -3.45. The highest BCUT2D eigenvalue weighted by atomic mass is 35.5. The van der Waals surface area contributed by atoms with Crippen molar-refractivity contribution < 1.29 is 18.0 Å². The molecule has 2 heterocycles. The van der Waals surface area contributed by atoms with Crippen LogP contribution in [0.4, 0.5) is 18.9 Å². The maximum absolute atomic E-state index is 12.8. The van der Waals surface area contributed by atoms with Crippen LogP contribution in [0, 0.1) is 6.92 Å². The number of carbonyl (C=O) groups is 1. The SMILES string of the molecule is Cc1nc(C(F)(F)F)ccc1C(=O)Nc1ccc(Cl)c(-c2nccc3ccccc23)c1. The Labute approximate surface area is 180 Å². The van der Waals surface area contributed by atoms with E-state index in [9.17, 15) is 18.0 Å². The lowest BCUT2D eigenvalue weighted by Gasteiger charge is -2.12. The summed E-state index contributed by atoms with van der Waals surface area (Å²) in [5.74, 6) is -0.571. The summed E-state index contributed by atoms with van der Waals surface area (Å²) in [6.07, 6.45) is -2.90. The zero-order valence-electron chi connectivity index (χ0n) is 16.2. The lowest BCUT2D eigenvalue weighted by Crippen LogP contribution is -2.16. The maximum Gasteiger partial charge on any atom is 0.433 e. The van der Waals surface area contributed by atoms with Crippen molar-refractivity contribution in [1.29, 1.82) is 0 Å². The summed E-state index contributed by atoms with van der Waals surface area (Å²) in [5, 5.41) is 5.04. The van der Waals surface area contributed by atoms with Gasteiger partial charge in [0, 0.05) is 22.8 Å². The standard InChI is InChI=1S/C23H15ClF3N3O/c1-13-16(7-9-20(29-13)23(25,26)27)22(31)30-15-6-8-19(24)18(12-15)21-17-5-3-2-4-14(17)10-11-28-21/h2-12H,1H3,(H,30,31). The van der Waals surface area contributed by atoms with E-state index in [-0.39, 0.29) is 11.3 Å². The molecule has 4 aromatic rings. The van der Waals surface area contributed by atoms with Crippen molar-refractivity contribution in [2.45, 2.75) is 13.1 Å². The molecule has 0 atom stereocenters. The minimum Gasteiger partial charge on any atom is -0.322 e. The van der Waals surface area contributed by atoms with Gasteiger partial charge < -0.3 is 5.32 Å². The molecule has 1 amide bonds. The summed E-state index contributed by atoms with van der Waals surface area (Å²) < 4.78 is 38.5. The van der Waals surface area contributed by atoms with Gasteiger partial charge in [-0.2, -0.15) is 13.2 Å². The minimum absolute atomic E-state index is 0.0165. The van der Waals surface area contributed by atoms with Gasteiger partial charge in [-0.1, -0.05) is 35.9 Å². The third kappa shape index (κ3) is 4.22. The highest BCUT2D eigenvalue weighted by molar-refractivity contribution is 6.33. The number of hydrogen-bond acceptors (Lipinski definition) is 3. The van der Waals surface area contributed by atoms with Gasteiger partial charge in [0.25, 0.3) is 5.91 Å². The number of anilines is 1. The van der Waals surface area contributed by atoms with Gasteiger partial charge in [0.05, 0.1) is 22.0 Å². The molecule has 31 heavy (non-hydrogen) atoms. The van der Waals surface area contributed by atoms with Crippen molar-refractivity contribution in [3.05, 3.63) is 88.8 Å². The van der Waals surface area contributed by atoms with Crippen molar-refractivity contribution in [2.24, 2.45) is 0 Å². The molecule has 4 rings (SSSR count). The Morgan fingerprint density at radius 2 is 1.81 bits per heavy atom. The molecule has 8 heteroatoms. The van der Waals surface area contributed by atoms with Crippen LogP contribution in [0.15, 0.2) is 66.9 Å². The molecule has 4 nitrogen and oxygen atoms in total. The number of aromatic nitrogens is 2. The fraction of sp³-hybridized carbons (Fsp3) is 0.0870. The number of aryl methyl sites for hydroxylation is 1. The Morgan fingerprint density at radius 1 is 1.03 bits per heavy atom. The van der Waals surface area contributed by atoms with Gasteiger partial charge in [0.1, 0.15) is 5.69 Å². The van der Waals surface area contributed by atoms with Crippen molar-refractivity contribution in [2.75, 3.05) is 5.32 Å². The lowest BCUT2D eigenvalue weighted by atomic mass is 10.0. The van der Waals surface area contributed by atoms with Crippen molar-refractivity contribution >= 4 is 34.0 Å². The fourth-order valence-corrected chi connectivity index (χ4v) is 3.48. The topological polar surface area (TPSA) is 54.9 Å². The molecule has 156 valence electrons. The van der Waals surface area contributed by atoms with Crippen LogP contribution >= 0.6 is 11.6 Å². The minimum atomic E-state index is -4.57. The van der Waals surface area contributed by atoms with E-state index in [4.69, 9.17) is 11.6 Å². The van der Waals surface area contributed by atoms with Crippen LogP contribution in [-0.4, -0.2) is 15.9 Å².